The van der Waals surface area contributed by atoms with E-state index in [9.17, 15) is 9.59 Å². The lowest BCUT2D eigenvalue weighted by Crippen LogP contribution is -2.45. The van der Waals surface area contributed by atoms with Crippen molar-refractivity contribution in [3.8, 4) is 0 Å². The van der Waals surface area contributed by atoms with E-state index in [0.29, 0.717) is 22.8 Å². The standard InChI is InChI=1S/C27H24N4O2/c1-30-12-14-31(15-13-30)27-28-21-9-5-4-8-20(21)26(29-27)25-23(33)16-22(32)24(25)19-11-10-17-6-2-3-7-18(17)19/h2-9,11H,10,12-16H2,1H3. The number of hydrogen-bond acceptors (Lipinski definition) is 6. The van der Waals surface area contributed by atoms with Gasteiger partial charge in [-0.2, -0.15) is 0 Å². The third kappa shape index (κ3) is 3.29. The van der Waals surface area contributed by atoms with Crippen molar-refractivity contribution in [1.82, 2.24) is 14.9 Å². The summed E-state index contributed by atoms with van der Waals surface area (Å²) in [5.41, 5.74) is 5.39. The van der Waals surface area contributed by atoms with Gasteiger partial charge in [-0.3, -0.25) is 9.59 Å². The number of piperazine rings is 1. The number of hydrogen-bond donors (Lipinski definition) is 0. The number of carbonyl (C=O) groups excluding carboxylic acids is 2. The van der Waals surface area contributed by atoms with Crippen molar-refractivity contribution in [3.05, 3.63) is 77.0 Å². The first-order chi connectivity index (χ1) is 16.1. The SMILES string of the molecule is CN1CCN(c2nc(C3=C(C4=CCc5ccccc54)C(=O)CC3=O)c3ccccc3n2)CC1. The first-order valence-corrected chi connectivity index (χ1v) is 11.4. The number of para-hydroxylation sites is 1. The van der Waals surface area contributed by atoms with Crippen LogP contribution in [-0.2, 0) is 16.0 Å². The molecule has 1 aliphatic heterocycles. The van der Waals surface area contributed by atoms with E-state index in [-0.39, 0.29) is 18.0 Å². The summed E-state index contributed by atoms with van der Waals surface area (Å²) in [5, 5.41) is 0.804. The molecule has 6 heteroatoms. The monoisotopic (exact) mass is 436 g/mol. The maximum atomic E-state index is 13.3. The van der Waals surface area contributed by atoms with Gasteiger partial charge in [0.1, 0.15) is 0 Å². The van der Waals surface area contributed by atoms with Gasteiger partial charge in [0.25, 0.3) is 0 Å². The van der Waals surface area contributed by atoms with Gasteiger partial charge in [0.2, 0.25) is 5.95 Å². The van der Waals surface area contributed by atoms with Crippen LogP contribution in [0.3, 0.4) is 0 Å². The lowest BCUT2D eigenvalue weighted by Gasteiger charge is -2.32. The molecule has 2 heterocycles. The highest BCUT2D eigenvalue weighted by atomic mass is 16.2. The van der Waals surface area contributed by atoms with Crippen LogP contribution in [0.4, 0.5) is 5.95 Å². The fourth-order valence-corrected chi connectivity index (χ4v) is 5.06. The van der Waals surface area contributed by atoms with Crippen molar-refractivity contribution < 1.29 is 9.59 Å². The molecule has 0 spiro atoms. The summed E-state index contributed by atoms with van der Waals surface area (Å²) in [5.74, 6) is 0.340. The molecule has 0 N–H and O–H groups in total. The molecule has 1 saturated heterocycles. The number of nitrogens with zero attached hydrogens (tertiary/aromatic N) is 4. The molecule has 0 unspecified atom stereocenters. The molecule has 2 aromatic carbocycles. The van der Waals surface area contributed by atoms with Gasteiger partial charge in [0.15, 0.2) is 11.6 Å². The highest BCUT2D eigenvalue weighted by Gasteiger charge is 2.37. The fourth-order valence-electron chi connectivity index (χ4n) is 5.06. The molecule has 164 valence electrons. The quantitative estimate of drug-likeness (QED) is 0.587. The van der Waals surface area contributed by atoms with E-state index in [1.54, 1.807) is 0 Å². The number of Topliss-reactive ketones (excluding diaryl/α,β-unsaturated/α-hetero) is 2. The smallest absolute Gasteiger partial charge is 0.226 e. The van der Waals surface area contributed by atoms with Crippen LogP contribution in [0.5, 0.6) is 0 Å². The third-order valence-electron chi connectivity index (χ3n) is 6.85. The van der Waals surface area contributed by atoms with E-state index in [2.05, 4.69) is 29.0 Å². The van der Waals surface area contributed by atoms with E-state index in [1.807, 2.05) is 42.5 Å². The topological polar surface area (TPSA) is 66.4 Å². The normalized spacial score (nSPS) is 18.9. The van der Waals surface area contributed by atoms with Gasteiger partial charge in [-0.25, -0.2) is 9.97 Å². The molecule has 6 nitrogen and oxygen atoms in total. The molecule has 0 radical (unpaired) electrons. The number of ketones is 2. The fraction of sp³-hybridized carbons (Fsp3) is 0.259. The number of aromatic nitrogens is 2. The summed E-state index contributed by atoms with van der Waals surface area (Å²) < 4.78 is 0. The van der Waals surface area contributed by atoms with Crippen LogP contribution in [-0.4, -0.2) is 59.7 Å². The minimum absolute atomic E-state index is 0.105. The highest BCUT2D eigenvalue weighted by molar-refractivity contribution is 6.43. The molecule has 33 heavy (non-hydrogen) atoms. The number of rotatable bonds is 3. The zero-order valence-corrected chi connectivity index (χ0v) is 18.5. The second-order valence-electron chi connectivity index (χ2n) is 8.93. The Morgan fingerprint density at radius 1 is 0.818 bits per heavy atom. The summed E-state index contributed by atoms with van der Waals surface area (Å²) in [4.78, 5) is 40.6. The van der Waals surface area contributed by atoms with E-state index >= 15 is 0 Å². The van der Waals surface area contributed by atoms with Gasteiger partial charge in [0.05, 0.1) is 23.2 Å². The van der Waals surface area contributed by atoms with E-state index in [4.69, 9.17) is 9.97 Å². The molecule has 1 fully saturated rings. The van der Waals surface area contributed by atoms with Gasteiger partial charge in [-0.15, -0.1) is 0 Å². The second-order valence-corrected chi connectivity index (χ2v) is 8.93. The van der Waals surface area contributed by atoms with Crippen LogP contribution in [0, 0.1) is 0 Å². The molecule has 0 saturated carbocycles. The minimum Gasteiger partial charge on any atom is -0.338 e. The highest BCUT2D eigenvalue weighted by Crippen LogP contribution is 2.42. The largest absolute Gasteiger partial charge is 0.338 e. The molecule has 3 aliphatic rings. The number of benzene rings is 2. The Hall–Kier alpha value is -3.64. The Labute approximate surface area is 192 Å². The molecule has 0 amide bonds. The number of anilines is 1. The lowest BCUT2D eigenvalue weighted by molar-refractivity contribution is -0.120. The van der Waals surface area contributed by atoms with Crippen LogP contribution in [0.25, 0.3) is 22.0 Å². The number of carbonyl (C=O) groups is 2. The zero-order chi connectivity index (χ0) is 22.5. The van der Waals surface area contributed by atoms with Crippen LogP contribution in [0.15, 0.2) is 60.2 Å². The minimum atomic E-state index is -0.159. The van der Waals surface area contributed by atoms with Crippen molar-refractivity contribution >= 4 is 39.6 Å². The lowest BCUT2D eigenvalue weighted by atomic mass is 9.93. The van der Waals surface area contributed by atoms with Crippen LogP contribution in [0.1, 0.15) is 23.2 Å². The summed E-state index contributed by atoms with van der Waals surface area (Å²) in [7, 11) is 2.11. The van der Waals surface area contributed by atoms with Crippen LogP contribution >= 0.6 is 0 Å². The summed E-state index contributed by atoms with van der Waals surface area (Å²) in [6.07, 6.45) is 2.73. The maximum Gasteiger partial charge on any atom is 0.226 e. The maximum absolute atomic E-state index is 13.3. The molecule has 2 aliphatic carbocycles. The van der Waals surface area contributed by atoms with Crippen molar-refractivity contribution in [1.29, 1.82) is 0 Å². The summed E-state index contributed by atoms with van der Waals surface area (Å²) in [6.45, 7) is 3.51. The van der Waals surface area contributed by atoms with E-state index in [1.165, 1.54) is 5.56 Å². The molecular formula is C27H24N4O2. The second kappa shape index (κ2) is 7.74. The molecule has 3 aromatic rings. The molecule has 1 aromatic heterocycles. The molecule has 0 atom stereocenters. The predicted octanol–water partition coefficient (Wildman–Crippen LogP) is 3.32. The van der Waals surface area contributed by atoms with Crippen molar-refractivity contribution in [2.45, 2.75) is 12.8 Å². The van der Waals surface area contributed by atoms with Gasteiger partial charge in [0, 0.05) is 37.1 Å². The average Bonchev–Trinajstić information content (AvgIpc) is 3.38. The van der Waals surface area contributed by atoms with Gasteiger partial charge < -0.3 is 9.80 Å². The Balaban J connectivity index is 1.57. The Kier molecular flexibility index (Phi) is 4.69. The van der Waals surface area contributed by atoms with Crippen molar-refractivity contribution in [2.75, 3.05) is 38.1 Å². The number of allylic oxidation sites excluding steroid dienone is 4. The average molecular weight is 437 g/mol. The Bertz CT molecular complexity index is 1380. The van der Waals surface area contributed by atoms with Gasteiger partial charge in [-0.1, -0.05) is 48.5 Å². The van der Waals surface area contributed by atoms with E-state index < -0.39 is 0 Å². The summed E-state index contributed by atoms with van der Waals surface area (Å²) >= 11 is 0. The van der Waals surface area contributed by atoms with Crippen molar-refractivity contribution in [3.63, 3.8) is 0 Å². The van der Waals surface area contributed by atoms with Gasteiger partial charge in [-0.05, 0) is 36.2 Å². The first kappa shape index (κ1) is 20.0. The number of likely N-dealkylation sites (N-methyl/N-ethyl adjacent to an activating group) is 1. The molecule has 6 rings (SSSR count). The van der Waals surface area contributed by atoms with Crippen LogP contribution < -0.4 is 4.90 Å². The molecule has 0 bridgehead atoms. The third-order valence-corrected chi connectivity index (χ3v) is 6.85. The Morgan fingerprint density at radius 3 is 2.39 bits per heavy atom. The van der Waals surface area contributed by atoms with Crippen molar-refractivity contribution in [2.24, 2.45) is 0 Å². The summed E-state index contributed by atoms with van der Waals surface area (Å²) in [6, 6.07) is 15.9. The number of fused-ring (bicyclic) bond motifs is 2. The molecular weight excluding hydrogens is 412 g/mol. The van der Waals surface area contributed by atoms with Crippen LogP contribution in [0.2, 0.25) is 0 Å². The predicted molar refractivity (Wildman–Crippen MR) is 129 cm³/mol. The zero-order valence-electron chi connectivity index (χ0n) is 18.5. The van der Waals surface area contributed by atoms with Gasteiger partial charge >= 0.3 is 0 Å². The van der Waals surface area contributed by atoms with E-state index in [0.717, 1.165) is 54.6 Å². The Morgan fingerprint density at radius 2 is 1.55 bits per heavy atom. The first-order valence-electron chi connectivity index (χ1n) is 11.4.